The fraction of sp³-hybridized carbons (Fsp3) is 0.600. The lowest BCUT2D eigenvalue weighted by atomic mass is 9.89. The molecule has 2 nitrogen and oxygen atoms in total. The Morgan fingerprint density at radius 3 is 2.59 bits per heavy atom. The molecule has 1 aliphatic carbocycles. The Bertz CT molecular complexity index is 345. The van der Waals surface area contributed by atoms with Gasteiger partial charge in [0.05, 0.1) is 6.61 Å². The smallest absolute Gasteiger partial charge is 0.0702 e. The Hall–Kier alpha value is -1.02. The lowest BCUT2D eigenvalue weighted by molar-refractivity contribution is 0.281. The van der Waals surface area contributed by atoms with Crippen molar-refractivity contribution in [3.8, 4) is 0 Å². The van der Waals surface area contributed by atoms with Crippen LogP contribution in [0.1, 0.15) is 37.7 Å². The van der Waals surface area contributed by atoms with E-state index >= 15 is 0 Å². The monoisotopic (exact) mass is 233 g/mol. The molecule has 17 heavy (non-hydrogen) atoms. The molecule has 94 valence electrons. The molecule has 0 radical (unpaired) electrons. The van der Waals surface area contributed by atoms with Crippen LogP contribution in [0.3, 0.4) is 0 Å². The van der Waals surface area contributed by atoms with Crippen LogP contribution in [0, 0.1) is 5.92 Å². The van der Waals surface area contributed by atoms with Crippen LogP contribution in [0.5, 0.6) is 0 Å². The van der Waals surface area contributed by atoms with Crippen molar-refractivity contribution < 1.29 is 5.11 Å². The predicted octanol–water partition coefficient (Wildman–Crippen LogP) is 3.20. The molecule has 0 spiro atoms. The van der Waals surface area contributed by atoms with E-state index in [0.717, 1.165) is 18.0 Å². The number of para-hydroxylation sites is 1. The summed E-state index contributed by atoms with van der Waals surface area (Å²) in [6.45, 7) is 1.25. The third-order valence-corrected chi connectivity index (χ3v) is 3.83. The SMILES string of the molecule is CN(CC1CCCCC1)c1ccccc1CO. The summed E-state index contributed by atoms with van der Waals surface area (Å²) in [5, 5.41) is 9.35. The molecule has 0 bridgehead atoms. The Kier molecular flexibility index (Phi) is 4.43. The maximum Gasteiger partial charge on any atom is 0.0702 e. The van der Waals surface area contributed by atoms with Gasteiger partial charge in [-0.3, -0.25) is 0 Å². The predicted molar refractivity (Wildman–Crippen MR) is 72.2 cm³/mol. The van der Waals surface area contributed by atoms with Crippen LogP contribution in [0.2, 0.25) is 0 Å². The number of aliphatic hydroxyl groups is 1. The minimum atomic E-state index is 0.130. The molecule has 2 heteroatoms. The van der Waals surface area contributed by atoms with Crippen molar-refractivity contribution in [3.05, 3.63) is 29.8 Å². The highest BCUT2D eigenvalue weighted by atomic mass is 16.3. The molecule has 1 N–H and O–H groups in total. The minimum absolute atomic E-state index is 0.130. The van der Waals surface area contributed by atoms with Gasteiger partial charge in [-0.25, -0.2) is 0 Å². The van der Waals surface area contributed by atoms with Gasteiger partial charge in [0.15, 0.2) is 0 Å². The third kappa shape index (κ3) is 3.22. The molecule has 1 aliphatic rings. The topological polar surface area (TPSA) is 23.5 Å². The van der Waals surface area contributed by atoms with Gasteiger partial charge in [0, 0.05) is 24.8 Å². The minimum Gasteiger partial charge on any atom is -0.392 e. The van der Waals surface area contributed by atoms with E-state index in [0.29, 0.717) is 0 Å². The normalized spacial score (nSPS) is 17.1. The molecule has 1 aromatic rings. The van der Waals surface area contributed by atoms with Gasteiger partial charge in [-0.05, 0) is 24.8 Å². The molecule has 0 heterocycles. The highest BCUT2D eigenvalue weighted by Crippen LogP contribution is 2.27. The summed E-state index contributed by atoms with van der Waals surface area (Å²) in [5.41, 5.74) is 2.21. The van der Waals surface area contributed by atoms with Gasteiger partial charge < -0.3 is 10.0 Å². The molecule has 0 aromatic heterocycles. The quantitative estimate of drug-likeness (QED) is 0.863. The summed E-state index contributed by atoms with van der Waals surface area (Å²) in [5.74, 6) is 0.834. The van der Waals surface area contributed by atoms with E-state index < -0.39 is 0 Å². The zero-order valence-corrected chi connectivity index (χ0v) is 10.7. The van der Waals surface area contributed by atoms with Gasteiger partial charge in [-0.15, -0.1) is 0 Å². The van der Waals surface area contributed by atoms with Crippen LogP contribution < -0.4 is 4.90 Å². The van der Waals surface area contributed by atoms with Crippen LogP contribution >= 0.6 is 0 Å². The fourth-order valence-corrected chi connectivity index (χ4v) is 2.87. The number of benzene rings is 1. The summed E-state index contributed by atoms with van der Waals surface area (Å²) in [7, 11) is 2.14. The molecule has 0 unspecified atom stereocenters. The third-order valence-electron chi connectivity index (χ3n) is 3.83. The lowest BCUT2D eigenvalue weighted by Gasteiger charge is -2.29. The van der Waals surface area contributed by atoms with E-state index in [-0.39, 0.29) is 6.61 Å². The molecule has 0 aliphatic heterocycles. The van der Waals surface area contributed by atoms with Crippen molar-refractivity contribution >= 4 is 5.69 Å². The van der Waals surface area contributed by atoms with Gasteiger partial charge in [0.1, 0.15) is 0 Å². The molecule has 0 amide bonds. The second kappa shape index (κ2) is 6.06. The molecule has 0 atom stereocenters. The molecular weight excluding hydrogens is 210 g/mol. The highest BCUT2D eigenvalue weighted by Gasteiger charge is 2.16. The van der Waals surface area contributed by atoms with Crippen LogP contribution in [0.25, 0.3) is 0 Å². The number of anilines is 1. The molecule has 1 aromatic carbocycles. The first-order valence-electron chi connectivity index (χ1n) is 6.71. The molecule has 1 saturated carbocycles. The first-order valence-corrected chi connectivity index (χ1v) is 6.71. The average molecular weight is 233 g/mol. The van der Waals surface area contributed by atoms with Crippen molar-refractivity contribution in [2.24, 2.45) is 5.92 Å². The van der Waals surface area contributed by atoms with E-state index in [1.807, 2.05) is 18.2 Å². The second-order valence-electron chi connectivity index (χ2n) is 5.17. The van der Waals surface area contributed by atoms with Crippen molar-refractivity contribution in [2.45, 2.75) is 38.7 Å². The van der Waals surface area contributed by atoms with E-state index in [9.17, 15) is 5.11 Å². The maximum atomic E-state index is 9.35. The molecule has 2 rings (SSSR count). The van der Waals surface area contributed by atoms with Gasteiger partial charge >= 0.3 is 0 Å². The standard InChI is InChI=1S/C15H23NO/c1-16(11-13-7-3-2-4-8-13)15-10-6-5-9-14(15)12-17/h5-6,9-10,13,17H,2-4,7-8,11-12H2,1H3. The molecule has 1 fully saturated rings. The number of rotatable bonds is 4. The van der Waals surface area contributed by atoms with Gasteiger partial charge in [-0.1, -0.05) is 37.5 Å². The highest BCUT2D eigenvalue weighted by molar-refractivity contribution is 5.52. The van der Waals surface area contributed by atoms with Gasteiger partial charge in [0.25, 0.3) is 0 Å². The van der Waals surface area contributed by atoms with Gasteiger partial charge in [-0.2, -0.15) is 0 Å². The molecule has 0 saturated heterocycles. The second-order valence-corrected chi connectivity index (χ2v) is 5.17. The van der Waals surface area contributed by atoms with Crippen molar-refractivity contribution in [1.29, 1.82) is 0 Å². The Labute approximate surface area is 104 Å². The van der Waals surface area contributed by atoms with Crippen molar-refractivity contribution in [3.63, 3.8) is 0 Å². The zero-order valence-electron chi connectivity index (χ0n) is 10.7. The lowest BCUT2D eigenvalue weighted by Crippen LogP contribution is -2.27. The van der Waals surface area contributed by atoms with E-state index in [4.69, 9.17) is 0 Å². The van der Waals surface area contributed by atoms with Crippen LogP contribution in [0.4, 0.5) is 5.69 Å². The van der Waals surface area contributed by atoms with Gasteiger partial charge in [0.2, 0.25) is 0 Å². The Morgan fingerprint density at radius 2 is 1.88 bits per heavy atom. The first-order chi connectivity index (χ1) is 8.31. The first kappa shape index (κ1) is 12.4. The number of hydrogen-bond donors (Lipinski definition) is 1. The fourth-order valence-electron chi connectivity index (χ4n) is 2.87. The van der Waals surface area contributed by atoms with E-state index in [1.54, 1.807) is 0 Å². The van der Waals surface area contributed by atoms with Crippen LogP contribution in [-0.4, -0.2) is 18.7 Å². The van der Waals surface area contributed by atoms with E-state index in [2.05, 4.69) is 18.0 Å². The van der Waals surface area contributed by atoms with Crippen molar-refractivity contribution in [2.75, 3.05) is 18.5 Å². The zero-order chi connectivity index (χ0) is 12.1. The maximum absolute atomic E-state index is 9.35. The van der Waals surface area contributed by atoms with Crippen LogP contribution in [-0.2, 0) is 6.61 Å². The summed E-state index contributed by atoms with van der Waals surface area (Å²) in [6.07, 6.45) is 6.92. The largest absolute Gasteiger partial charge is 0.392 e. The number of hydrogen-bond acceptors (Lipinski definition) is 2. The summed E-state index contributed by atoms with van der Waals surface area (Å²) >= 11 is 0. The summed E-state index contributed by atoms with van der Waals surface area (Å²) in [6, 6.07) is 8.15. The summed E-state index contributed by atoms with van der Waals surface area (Å²) in [4.78, 5) is 2.31. The number of aliphatic hydroxyl groups excluding tert-OH is 1. The molecular formula is C15H23NO. The van der Waals surface area contributed by atoms with E-state index in [1.165, 1.54) is 37.8 Å². The Balaban J connectivity index is 2.00. The number of nitrogens with zero attached hydrogens (tertiary/aromatic N) is 1. The van der Waals surface area contributed by atoms with Crippen LogP contribution in [0.15, 0.2) is 24.3 Å². The Morgan fingerprint density at radius 1 is 1.18 bits per heavy atom. The average Bonchev–Trinajstić information content (AvgIpc) is 2.40. The van der Waals surface area contributed by atoms with Crippen molar-refractivity contribution in [1.82, 2.24) is 0 Å². The summed E-state index contributed by atoms with van der Waals surface area (Å²) < 4.78 is 0.